The molecular weight excluding hydrogens is 164 g/mol. The van der Waals surface area contributed by atoms with Crippen LogP contribution in [0.3, 0.4) is 0 Å². The Labute approximate surface area is 77.7 Å². The van der Waals surface area contributed by atoms with Gasteiger partial charge in [-0.15, -0.1) is 0 Å². The Morgan fingerprint density at radius 1 is 1.77 bits per heavy atom. The fraction of sp³-hybridized carbons (Fsp3) is 0.600. The minimum Gasteiger partial charge on any atom is -0.300 e. The summed E-state index contributed by atoms with van der Waals surface area (Å²) in [5, 5.41) is 4.20. The summed E-state index contributed by atoms with van der Waals surface area (Å²) < 4.78 is 1.98. The maximum Gasteiger partial charge on any atom is 0.133 e. The zero-order chi connectivity index (χ0) is 9.42. The summed E-state index contributed by atoms with van der Waals surface area (Å²) in [6.45, 7) is 4.64. The van der Waals surface area contributed by atoms with E-state index in [1.54, 1.807) is 6.92 Å². The van der Waals surface area contributed by atoms with Crippen LogP contribution in [0.5, 0.6) is 0 Å². The Balaban J connectivity index is 2.15. The van der Waals surface area contributed by atoms with E-state index in [0.717, 1.165) is 13.0 Å². The van der Waals surface area contributed by atoms with E-state index < -0.39 is 0 Å². The van der Waals surface area contributed by atoms with Crippen molar-refractivity contribution in [2.24, 2.45) is 5.92 Å². The fourth-order valence-corrected chi connectivity index (χ4v) is 1.89. The molecule has 3 nitrogen and oxygen atoms in total. The fourth-order valence-electron chi connectivity index (χ4n) is 1.89. The lowest BCUT2D eigenvalue weighted by Crippen LogP contribution is -2.03. The minimum absolute atomic E-state index is 0.266. The molecule has 13 heavy (non-hydrogen) atoms. The Morgan fingerprint density at radius 3 is 3.08 bits per heavy atom. The molecule has 1 aromatic rings. The molecule has 0 N–H and O–H groups in total. The van der Waals surface area contributed by atoms with E-state index in [1.807, 2.05) is 16.9 Å². The van der Waals surface area contributed by atoms with Crippen LogP contribution >= 0.6 is 0 Å². The second-order valence-electron chi connectivity index (χ2n) is 3.63. The Bertz CT molecular complexity index is 329. The molecule has 3 heteroatoms. The molecule has 1 aromatic heterocycles. The predicted octanol–water partition coefficient (Wildman–Crippen LogP) is 1.60. The van der Waals surface area contributed by atoms with Crippen molar-refractivity contribution < 1.29 is 4.79 Å². The van der Waals surface area contributed by atoms with E-state index in [9.17, 15) is 4.79 Å². The van der Waals surface area contributed by atoms with Gasteiger partial charge in [0.05, 0.1) is 0 Å². The average molecular weight is 178 g/mol. The standard InChI is InChI=1S/C10H14N2O/c1-3-12-10(4-5-11-12)9-6-8(9)7(2)13/h4-5,8-9H,3,6H2,1-2H3. The highest BCUT2D eigenvalue weighted by Crippen LogP contribution is 2.47. The molecule has 2 rings (SSSR count). The van der Waals surface area contributed by atoms with Crippen LogP contribution in [0.2, 0.25) is 0 Å². The number of aryl methyl sites for hydroxylation is 1. The molecule has 0 aromatic carbocycles. The number of hydrogen-bond donors (Lipinski definition) is 0. The first kappa shape index (κ1) is 8.48. The normalized spacial score (nSPS) is 26.0. The van der Waals surface area contributed by atoms with Gasteiger partial charge in [-0.1, -0.05) is 0 Å². The zero-order valence-corrected chi connectivity index (χ0v) is 8.03. The lowest BCUT2D eigenvalue weighted by atomic mass is 10.2. The predicted molar refractivity (Wildman–Crippen MR) is 49.4 cm³/mol. The first-order valence-electron chi connectivity index (χ1n) is 4.76. The monoisotopic (exact) mass is 178 g/mol. The van der Waals surface area contributed by atoms with Crippen molar-refractivity contribution in [2.75, 3.05) is 0 Å². The maximum absolute atomic E-state index is 11.1. The van der Waals surface area contributed by atoms with Crippen molar-refractivity contribution in [1.29, 1.82) is 0 Å². The summed E-state index contributed by atoms with van der Waals surface area (Å²) in [5.41, 5.74) is 1.22. The Morgan fingerprint density at radius 2 is 2.54 bits per heavy atom. The molecule has 1 heterocycles. The van der Waals surface area contributed by atoms with Gasteiger partial charge in [0.15, 0.2) is 0 Å². The number of ketones is 1. The highest BCUT2D eigenvalue weighted by Gasteiger charge is 2.43. The second kappa shape index (κ2) is 2.98. The van der Waals surface area contributed by atoms with Crippen LogP contribution in [0.25, 0.3) is 0 Å². The summed E-state index contributed by atoms with van der Waals surface area (Å²) in [6.07, 6.45) is 2.83. The third kappa shape index (κ3) is 1.39. The smallest absolute Gasteiger partial charge is 0.133 e. The van der Waals surface area contributed by atoms with Gasteiger partial charge in [0.1, 0.15) is 5.78 Å². The van der Waals surface area contributed by atoms with Crippen LogP contribution in [0, 0.1) is 5.92 Å². The van der Waals surface area contributed by atoms with Gasteiger partial charge < -0.3 is 0 Å². The lowest BCUT2D eigenvalue weighted by Gasteiger charge is -2.02. The lowest BCUT2D eigenvalue weighted by molar-refractivity contribution is -0.118. The van der Waals surface area contributed by atoms with Crippen LogP contribution in [0.15, 0.2) is 12.3 Å². The summed E-state index contributed by atoms with van der Waals surface area (Å²) >= 11 is 0. The van der Waals surface area contributed by atoms with Gasteiger partial charge in [-0.05, 0) is 26.3 Å². The van der Waals surface area contributed by atoms with E-state index in [1.165, 1.54) is 5.69 Å². The average Bonchev–Trinajstić information content (AvgIpc) is 2.77. The number of carbonyl (C=O) groups is 1. The third-order valence-corrected chi connectivity index (χ3v) is 2.74. The molecule has 1 fully saturated rings. The van der Waals surface area contributed by atoms with E-state index in [2.05, 4.69) is 12.0 Å². The zero-order valence-electron chi connectivity index (χ0n) is 8.03. The number of nitrogens with zero attached hydrogens (tertiary/aromatic N) is 2. The van der Waals surface area contributed by atoms with Gasteiger partial charge in [-0.2, -0.15) is 5.10 Å². The van der Waals surface area contributed by atoms with E-state index in [0.29, 0.717) is 11.7 Å². The molecule has 1 aliphatic rings. The molecular formula is C10H14N2O. The van der Waals surface area contributed by atoms with Crippen LogP contribution < -0.4 is 0 Å². The number of carbonyl (C=O) groups excluding carboxylic acids is 1. The molecule has 70 valence electrons. The second-order valence-corrected chi connectivity index (χ2v) is 3.63. The van der Waals surface area contributed by atoms with Gasteiger partial charge in [0.25, 0.3) is 0 Å². The summed E-state index contributed by atoms with van der Waals surface area (Å²) in [6, 6.07) is 2.02. The number of rotatable bonds is 3. The molecule has 1 aliphatic carbocycles. The highest BCUT2D eigenvalue weighted by molar-refractivity contribution is 5.82. The van der Waals surface area contributed by atoms with Gasteiger partial charge in [0.2, 0.25) is 0 Å². The van der Waals surface area contributed by atoms with Crippen molar-refractivity contribution in [2.45, 2.75) is 32.7 Å². The Kier molecular flexibility index (Phi) is 1.94. The highest BCUT2D eigenvalue weighted by atomic mass is 16.1. The van der Waals surface area contributed by atoms with Crippen LogP contribution in [0.1, 0.15) is 31.9 Å². The van der Waals surface area contributed by atoms with Crippen LogP contribution in [-0.4, -0.2) is 15.6 Å². The van der Waals surface area contributed by atoms with E-state index in [4.69, 9.17) is 0 Å². The van der Waals surface area contributed by atoms with Crippen molar-refractivity contribution >= 4 is 5.78 Å². The number of aromatic nitrogens is 2. The molecule has 0 spiro atoms. The number of Topliss-reactive ketones (excluding diaryl/α,β-unsaturated/α-hetero) is 1. The topological polar surface area (TPSA) is 34.9 Å². The molecule has 0 amide bonds. The van der Waals surface area contributed by atoms with Crippen LogP contribution in [0.4, 0.5) is 0 Å². The molecule has 1 saturated carbocycles. The largest absolute Gasteiger partial charge is 0.300 e. The summed E-state index contributed by atoms with van der Waals surface area (Å²) in [5.74, 6) is 1.02. The van der Waals surface area contributed by atoms with Crippen molar-refractivity contribution in [3.8, 4) is 0 Å². The van der Waals surface area contributed by atoms with Gasteiger partial charge in [-0.3, -0.25) is 9.48 Å². The first-order chi connectivity index (χ1) is 6.24. The van der Waals surface area contributed by atoms with Crippen molar-refractivity contribution in [1.82, 2.24) is 9.78 Å². The SMILES string of the molecule is CCn1nccc1C1CC1C(C)=O. The van der Waals surface area contributed by atoms with E-state index in [-0.39, 0.29) is 5.92 Å². The molecule has 0 bridgehead atoms. The maximum atomic E-state index is 11.1. The third-order valence-electron chi connectivity index (χ3n) is 2.74. The molecule has 0 aliphatic heterocycles. The molecule has 2 atom stereocenters. The van der Waals surface area contributed by atoms with Crippen molar-refractivity contribution in [3.63, 3.8) is 0 Å². The van der Waals surface area contributed by atoms with Crippen LogP contribution in [-0.2, 0) is 11.3 Å². The summed E-state index contributed by atoms with van der Waals surface area (Å²) in [7, 11) is 0. The van der Waals surface area contributed by atoms with E-state index >= 15 is 0 Å². The molecule has 0 saturated heterocycles. The molecule has 2 unspecified atom stereocenters. The van der Waals surface area contributed by atoms with Crippen molar-refractivity contribution in [3.05, 3.63) is 18.0 Å². The molecule has 0 radical (unpaired) electrons. The van der Waals surface area contributed by atoms with Gasteiger partial charge >= 0.3 is 0 Å². The first-order valence-corrected chi connectivity index (χ1v) is 4.76. The number of hydrogen-bond acceptors (Lipinski definition) is 2. The Hall–Kier alpha value is -1.12. The van der Waals surface area contributed by atoms with Gasteiger partial charge in [-0.25, -0.2) is 0 Å². The van der Waals surface area contributed by atoms with Gasteiger partial charge in [0, 0.05) is 30.3 Å². The summed E-state index contributed by atoms with van der Waals surface area (Å²) in [4.78, 5) is 11.1. The minimum atomic E-state index is 0.266. The quantitative estimate of drug-likeness (QED) is 0.704.